The van der Waals surface area contributed by atoms with Gasteiger partial charge in [-0.25, -0.2) is 9.78 Å². The normalized spacial score (nSPS) is 51.8. The lowest BCUT2D eigenvalue weighted by Gasteiger charge is -2.58. The van der Waals surface area contributed by atoms with E-state index in [1.54, 1.807) is 0 Å². The molecular weight excluding hydrogens is 296 g/mol. The molecule has 5 aliphatic rings. The van der Waals surface area contributed by atoms with Crippen molar-refractivity contribution < 1.29 is 24.0 Å². The lowest BCUT2D eigenvalue weighted by molar-refractivity contribution is -0.559. The average Bonchev–Trinajstić information content (AvgIpc) is 2.74. The molecule has 7 atom stereocenters. The van der Waals surface area contributed by atoms with Gasteiger partial charge in [0.05, 0.1) is 5.92 Å². The molecule has 1 aliphatic carbocycles. The van der Waals surface area contributed by atoms with E-state index in [0.717, 1.165) is 44.9 Å². The van der Waals surface area contributed by atoms with E-state index >= 15 is 0 Å². The highest BCUT2D eigenvalue weighted by atomic mass is 17.3. The Kier molecular flexibility index (Phi) is 3.74. The minimum absolute atomic E-state index is 0.0872. The van der Waals surface area contributed by atoms with Gasteiger partial charge in [-0.3, -0.25) is 4.79 Å². The summed E-state index contributed by atoms with van der Waals surface area (Å²) in [7, 11) is 0. The van der Waals surface area contributed by atoms with Crippen LogP contribution in [0.1, 0.15) is 65.7 Å². The first kappa shape index (κ1) is 15.9. The molecule has 4 aliphatic heterocycles. The summed E-state index contributed by atoms with van der Waals surface area (Å²) in [4.78, 5) is 24.4. The Labute approximate surface area is 137 Å². The topological polar surface area (TPSA) is 54.0 Å². The third-order valence-electron chi connectivity index (χ3n) is 6.66. The second-order valence-electron chi connectivity index (χ2n) is 8.10. The fourth-order valence-corrected chi connectivity index (χ4v) is 5.36. The summed E-state index contributed by atoms with van der Waals surface area (Å²) in [5.74, 6) is 0.0126. The highest BCUT2D eigenvalue weighted by Gasteiger charge is 2.70. The van der Waals surface area contributed by atoms with E-state index in [1.807, 2.05) is 6.92 Å². The molecule has 130 valence electrons. The molecule has 0 N–H and O–H groups in total. The molecule has 4 heterocycles. The van der Waals surface area contributed by atoms with E-state index in [0.29, 0.717) is 11.8 Å². The molecule has 2 bridgehead atoms. The zero-order chi connectivity index (χ0) is 16.2. The van der Waals surface area contributed by atoms with Crippen molar-refractivity contribution in [3.8, 4) is 0 Å². The molecule has 5 heteroatoms. The Hall–Kier alpha value is -0.650. The fraction of sp³-hybridized carbons (Fsp3) is 0.944. The number of carbonyl (C=O) groups excluding carboxylic acids is 1. The second-order valence-corrected chi connectivity index (χ2v) is 8.10. The van der Waals surface area contributed by atoms with Gasteiger partial charge in [0.1, 0.15) is 0 Å². The molecule has 0 aromatic heterocycles. The third-order valence-corrected chi connectivity index (χ3v) is 6.66. The molecule has 23 heavy (non-hydrogen) atoms. The summed E-state index contributed by atoms with van der Waals surface area (Å²) in [6, 6.07) is 0. The lowest BCUT2D eigenvalue weighted by atomic mass is 9.57. The zero-order valence-electron chi connectivity index (χ0n) is 14.4. The molecule has 0 amide bonds. The minimum atomic E-state index is -0.798. The van der Waals surface area contributed by atoms with Crippen molar-refractivity contribution in [3.63, 3.8) is 0 Å². The first-order valence-electron chi connectivity index (χ1n) is 9.25. The van der Waals surface area contributed by atoms with E-state index in [2.05, 4.69) is 13.8 Å². The van der Waals surface area contributed by atoms with Crippen molar-refractivity contribution in [2.75, 3.05) is 0 Å². The SMILES string of the molecule is CCCC[C@H]1C(=O)OC2OC3(C)CC[C@H]4[C@H](C)CCC1C24OO3. The fourth-order valence-electron chi connectivity index (χ4n) is 5.36. The van der Waals surface area contributed by atoms with E-state index in [9.17, 15) is 4.79 Å². The summed E-state index contributed by atoms with van der Waals surface area (Å²) in [6.07, 6.45) is 6.28. The van der Waals surface area contributed by atoms with Crippen LogP contribution in [0.5, 0.6) is 0 Å². The van der Waals surface area contributed by atoms with E-state index in [-0.39, 0.29) is 17.8 Å². The number of esters is 1. The van der Waals surface area contributed by atoms with Gasteiger partial charge in [0.2, 0.25) is 12.1 Å². The van der Waals surface area contributed by atoms with Gasteiger partial charge in [0.15, 0.2) is 5.60 Å². The van der Waals surface area contributed by atoms with Gasteiger partial charge >= 0.3 is 5.97 Å². The van der Waals surface area contributed by atoms with Gasteiger partial charge in [-0.05, 0) is 38.5 Å². The third kappa shape index (κ3) is 2.19. The van der Waals surface area contributed by atoms with Crippen LogP contribution in [0.25, 0.3) is 0 Å². The molecule has 1 saturated carbocycles. The molecule has 5 rings (SSSR count). The molecule has 1 spiro atoms. The lowest BCUT2D eigenvalue weighted by Crippen LogP contribution is -2.70. The number of ether oxygens (including phenoxy) is 2. The van der Waals surface area contributed by atoms with Crippen molar-refractivity contribution in [2.24, 2.45) is 23.7 Å². The summed E-state index contributed by atoms with van der Waals surface area (Å²) in [6.45, 7) is 6.32. The maximum atomic E-state index is 12.6. The predicted molar refractivity (Wildman–Crippen MR) is 81.9 cm³/mol. The van der Waals surface area contributed by atoms with Gasteiger partial charge in [0, 0.05) is 18.3 Å². The summed E-state index contributed by atoms with van der Waals surface area (Å²) < 4.78 is 11.9. The first-order chi connectivity index (χ1) is 11.0. The largest absolute Gasteiger partial charge is 0.432 e. The van der Waals surface area contributed by atoms with Crippen molar-refractivity contribution in [2.45, 2.75) is 83.4 Å². The standard InChI is InChI=1S/C18H28O5/c1-4-5-6-12-14-8-7-11(2)13-9-10-17(3)21-16(20-15(12)19)18(13,14)23-22-17/h11-14,16H,4-10H2,1-3H3/t11-,12-,13+,14?,16?,17?,18?/m1/s1. The number of unbranched alkanes of at least 4 members (excludes halogenated alkanes) is 1. The zero-order valence-corrected chi connectivity index (χ0v) is 14.4. The maximum absolute atomic E-state index is 12.6. The van der Waals surface area contributed by atoms with Crippen LogP contribution in [-0.2, 0) is 24.0 Å². The van der Waals surface area contributed by atoms with Crippen LogP contribution < -0.4 is 0 Å². The number of fused-ring (bicyclic) bond motifs is 2. The number of rotatable bonds is 3. The molecule has 5 fully saturated rings. The van der Waals surface area contributed by atoms with Crippen LogP contribution in [0.4, 0.5) is 0 Å². The van der Waals surface area contributed by atoms with E-state index < -0.39 is 17.7 Å². The quantitative estimate of drug-likeness (QED) is 0.587. The summed E-state index contributed by atoms with van der Waals surface area (Å²) in [5, 5.41) is 0. The van der Waals surface area contributed by atoms with Crippen molar-refractivity contribution in [1.29, 1.82) is 0 Å². The van der Waals surface area contributed by atoms with Gasteiger partial charge in [-0.15, -0.1) is 0 Å². The Balaban J connectivity index is 1.74. The molecular formula is C18H28O5. The number of carbonyl (C=O) groups is 1. The monoisotopic (exact) mass is 324 g/mol. The van der Waals surface area contributed by atoms with Crippen molar-refractivity contribution in [1.82, 2.24) is 0 Å². The van der Waals surface area contributed by atoms with E-state index in [4.69, 9.17) is 19.2 Å². The highest BCUT2D eigenvalue weighted by Crippen LogP contribution is 2.60. The molecule has 4 unspecified atom stereocenters. The van der Waals surface area contributed by atoms with Gasteiger partial charge in [0.25, 0.3) is 0 Å². The average molecular weight is 324 g/mol. The number of hydrogen-bond acceptors (Lipinski definition) is 5. The van der Waals surface area contributed by atoms with Crippen LogP contribution in [0.15, 0.2) is 0 Å². The van der Waals surface area contributed by atoms with Crippen LogP contribution >= 0.6 is 0 Å². The summed E-state index contributed by atoms with van der Waals surface area (Å²) >= 11 is 0. The Bertz CT molecular complexity index is 494. The Morgan fingerprint density at radius 3 is 2.78 bits per heavy atom. The van der Waals surface area contributed by atoms with Crippen LogP contribution in [0.3, 0.4) is 0 Å². The minimum Gasteiger partial charge on any atom is -0.432 e. The summed E-state index contributed by atoms with van der Waals surface area (Å²) in [5.41, 5.74) is -0.611. The highest BCUT2D eigenvalue weighted by molar-refractivity contribution is 5.74. The Morgan fingerprint density at radius 1 is 1.17 bits per heavy atom. The molecule has 0 aromatic carbocycles. The van der Waals surface area contributed by atoms with Crippen LogP contribution in [-0.4, -0.2) is 23.6 Å². The van der Waals surface area contributed by atoms with Gasteiger partial charge in [-0.2, -0.15) is 0 Å². The molecule has 0 aromatic rings. The smallest absolute Gasteiger partial charge is 0.311 e. The maximum Gasteiger partial charge on any atom is 0.311 e. The Morgan fingerprint density at radius 2 is 2.00 bits per heavy atom. The molecule has 4 saturated heterocycles. The van der Waals surface area contributed by atoms with Crippen molar-refractivity contribution in [3.05, 3.63) is 0 Å². The van der Waals surface area contributed by atoms with Crippen molar-refractivity contribution >= 4 is 5.97 Å². The van der Waals surface area contributed by atoms with Crippen LogP contribution in [0, 0.1) is 23.7 Å². The number of hydrogen-bond donors (Lipinski definition) is 0. The molecule has 0 radical (unpaired) electrons. The van der Waals surface area contributed by atoms with Crippen LogP contribution in [0.2, 0.25) is 0 Å². The second kappa shape index (κ2) is 5.43. The predicted octanol–water partition coefficient (Wildman–Crippen LogP) is 3.57. The molecule has 5 nitrogen and oxygen atoms in total. The van der Waals surface area contributed by atoms with Gasteiger partial charge < -0.3 is 9.47 Å². The first-order valence-corrected chi connectivity index (χ1v) is 9.25. The van der Waals surface area contributed by atoms with E-state index in [1.165, 1.54) is 0 Å². The van der Waals surface area contributed by atoms with Gasteiger partial charge in [-0.1, -0.05) is 26.7 Å².